The zero-order valence-electron chi connectivity index (χ0n) is 12.2. The lowest BCUT2D eigenvalue weighted by Gasteiger charge is -2.14. The number of nitrogens with one attached hydrogen (secondary N) is 2. The van der Waals surface area contributed by atoms with Crippen LogP contribution in [0, 0.1) is 0 Å². The quantitative estimate of drug-likeness (QED) is 0.558. The van der Waals surface area contributed by atoms with E-state index in [4.69, 9.17) is 26.8 Å². The second-order valence-corrected chi connectivity index (χ2v) is 4.60. The number of benzene rings is 1. The molecule has 0 bridgehead atoms. The van der Waals surface area contributed by atoms with Gasteiger partial charge in [0.2, 0.25) is 0 Å². The van der Waals surface area contributed by atoms with E-state index < -0.39 is 24.0 Å². The maximum atomic E-state index is 12.1. The van der Waals surface area contributed by atoms with Gasteiger partial charge in [-0.25, -0.2) is 9.59 Å². The van der Waals surface area contributed by atoms with Gasteiger partial charge in [0.05, 0.1) is 17.8 Å². The molecular weight excluding hydrogens is 314 g/mol. The van der Waals surface area contributed by atoms with Gasteiger partial charge in [-0.15, -0.1) is 0 Å². The minimum Gasteiger partial charge on any atom is -0.496 e. The van der Waals surface area contributed by atoms with Gasteiger partial charge in [0.15, 0.2) is 6.10 Å². The Morgan fingerprint density at radius 2 is 1.95 bits per heavy atom. The van der Waals surface area contributed by atoms with E-state index in [1.807, 2.05) is 5.32 Å². The fourth-order valence-electron chi connectivity index (χ4n) is 1.45. The van der Waals surface area contributed by atoms with Gasteiger partial charge in [-0.2, -0.15) is 0 Å². The molecule has 1 rings (SSSR count). The number of hydrogen-bond donors (Lipinski definition) is 3. The summed E-state index contributed by atoms with van der Waals surface area (Å²) in [4.78, 5) is 34.7. The highest BCUT2D eigenvalue weighted by atomic mass is 35.5. The van der Waals surface area contributed by atoms with Crippen molar-refractivity contribution < 1.29 is 23.9 Å². The highest BCUT2D eigenvalue weighted by Crippen LogP contribution is 2.29. The molecule has 0 saturated heterocycles. The number of imide groups is 1. The molecule has 8 nitrogen and oxygen atoms in total. The summed E-state index contributed by atoms with van der Waals surface area (Å²) >= 11 is 5.85. The van der Waals surface area contributed by atoms with Gasteiger partial charge in [0, 0.05) is 13.1 Å². The Morgan fingerprint density at radius 3 is 2.50 bits per heavy atom. The molecule has 9 heteroatoms. The lowest BCUT2D eigenvalue weighted by atomic mass is 10.2. The number of halogens is 1. The number of nitrogen functional groups attached to an aromatic ring is 1. The van der Waals surface area contributed by atoms with Gasteiger partial charge in [0.25, 0.3) is 5.91 Å². The Labute approximate surface area is 131 Å². The second-order valence-electron chi connectivity index (χ2n) is 4.19. The third-order valence-corrected chi connectivity index (χ3v) is 2.98. The number of anilines is 1. The van der Waals surface area contributed by atoms with Gasteiger partial charge in [0.1, 0.15) is 11.3 Å². The molecule has 0 radical (unpaired) electrons. The molecule has 1 aromatic carbocycles. The third kappa shape index (κ3) is 4.26. The van der Waals surface area contributed by atoms with Gasteiger partial charge in [-0.05, 0) is 13.0 Å². The Balaban J connectivity index is 2.87. The smallest absolute Gasteiger partial charge is 0.342 e. The van der Waals surface area contributed by atoms with Crippen LogP contribution in [0.4, 0.5) is 10.5 Å². The molecule has 0 heterocycles. The topological polar surface area (TPSA) is 120 Å². The molecule has 1 aromatic rings. The minimum absolute atomic E-state index is 0.0151. The zero-order valence-corrected chi connectivity index (χ0v) is 13.0. The Bertz CT molecular complexity index is 606. The SMILES string of the molecule is CNC(=O)NC(=O)C(C)OC(=O)c1cc(Cl)c(N)cc1OC. The molecule has 0 aliphatic rings. The number of ether oxygens (including phenoxy) is 2. The fraction of sp³-hybridized carbons (Fsp3) is 0.308. The predicted octanol–water partition coefficient (Wildman–Crippen LogP) is 0.932. The van der Waals surface area contributed by atoms with Crippen molar-refractivity contribution >= 4 is 35.2 Å². The van der Waals surface area contributed by atoms with E-state index in [2.05, 4.69) is 5.32 Å². The fourth-order valence-corrected chi connectivity index (χ4v) is 1.61. The highest BCUT2D eigenvalue weighted by Gasteiger charge is 2.23. The number of rotatable bonds is 4. The number of methoxy groups -OCH3 is 1. The van der Waals surface area contributed by atoms with E-state index in [0.717, 1.165) is 0 Å². The molecule has 3 amide bonds. The van der Waals surface area contributed by atoms with Crippen LogP contribution in [-0.4, -0.2) is 38.2 Å². The van der Waals surface area contributed by atoms with Gasteiger partial charge in [-0.3, -0.25) is 10.1 Å². The molecule has 0 aromatic heterocycles. The first-order valence-electron chi connectivity index (χ1n) is 6.16. The second kappa shape index (κ2) is 7.51. The van der Waals surface area contributed by atoms with Crippen molar-refractivity contribution in [1.29, 1.82) is 0 Å². The maximum absolute atomic E-state index is 12.1. The van der Waals surface area contributed by atoms with E-state index in [1.165, 1.54) is 33.2 Å². The lowest BCUT2D eigenvalue weighted by molar-refractivity contribution is -0.127. The first kappa shape index (κ1) is 17.6. The third-order valence-electron chi connectivity index (χ3n) is 2.66. The Morgan fingerprint density at radius 1 is 1.32 bits per heavy atom. The average Bonchev–Trinajstić information content (AvgIpc) is 2.48. The number of esters is 1. The molecule has 1 atom stereocenters. The summed E-state index contributed by atoms with van der Waals surface area (Å²) in [6.45, 7) is 1.32. The van der Waals surface area contributed by atoms with Gasteiger partial charge < -0.3 is 20.5 Å². The van der Waals surface area contributed by atoms with Crippen LogP contribution in [0.2, 0.25) is 5.02 Å². The highest BCUT2D eigenvalue weighted by molar-refractivity contribution is 6.33. The summed E-state index contributed by atoms with van der Waals surface area (Å²) in [7, 11) is 2.70. The summed E-state index contributed by atoms with van der Waals surface area (Å²) in [5, 5.41) is 4.35. The number of amides is 3. The van der Waals surface area contributed by atoms with Crippen LogP contribution < -0.4 is 21.1 Å². The largest absolute Gasteiger partial charge is 0.496 e. The minimum atomic E-state index is -1.19. The van der Waals surface area contributed by atoms with E-state index >= 15 is 0 Å². The van der Waals surface area contributed by atoms with Crippen molar-refractivity contribution in [1.82, 2.24) is 10.6 Å². The summed E-state index contributed by atoms with van der Waals surface area (Å²) in [6, 6.07) is 1.94. The predicted molar refractivity (Wildman–Crippen MR) is 79.9 cm³/mol. The first-order valence-corrected chi connectivity index (χ1v) is 6.54. The van der Waals surface area contributed by atoms with Crippen LogP contribution in [-0.2, 0) is 9.53 Å². The molecule has 4 N–H and O–H groups in total. The van der Waals surface area contributed by atoms with Crippen LogP contribution in [0.15, 0.2) is 12.1 Å². The summed E-state index contributed by atoms with van der Waals surface area (Å²) < 4.78 is 9.99. The van der Waals surface area contributed by atoms with Crippen molar-refractivity contribution in [3.05, 3.63) is 22.7 Å². The monoisotopic (exact) mass is 329 g/mol. The Hall–Kier alpha value is -2.48. The maximum Gasteiger partial charge on any atom is 0.342 e. The van der Waals surface area contributed by atoms with E-state index in [-0.39, 0.29) is 22.0 Å². The van der Waals surface area contributed by atoms with Crippen molar-refractivity contribution in [3.63, 3.8) is 0 Å². The number of hydrogen-bond acceptors (Lipinski definition) is 6. The zero-order chi connectivity index (χ0) is 16.9. The lowest BCUT2D eigenvalue weighted by Crippen LogP contribution is -2.43. The molecule has 0 aliphatic heterocycles. The van der Waals surface area contributed by atoms with Crippen LogP contribution in [0.5, 0.6) is 5.75 Å². The molecule has 0 aliphatic carbocycles. The van der Waals surface area contributed by atoms with Crippen molar-refractivity contribution in [2.75, 3.05) is 19.9 Å². The van der Waals surface area contributed by atoms with Gasteiger partial charge in [-0.1, -0.05) is 11.6 Å². The number of nitrogens with two attached hydrogens (primary N) is 1. The van der Waals surface area contributed by atoms with E-state index in [1.54, 1.807) is 0 Å². The molecule has 120 valence electrons. The van der Waals surface area contributed by atoms with Crippen LogP contribution >= 0.6 is 11.6 Å². The normalized spacial score (nSPS) is 11.3. The van der Waals surface area contributed by atoms with Gasteiger partial charge >= 0.3 is 12.0 Å². The molecule has 0 saturated carbocycles. The number of carbonyl (C=O) groups is 3. The molecule has 22 heavy (non-hydrogen) atoms. The summed E-state index contributed by atoms with van der Waals surface area (Å²) in [5.41, 5.74) is 5.86. The van der Waals surface area contributed by atoms with E-state index in [0.29, 0.717) is 0 Å². The van der Waals surface area contributed by atoms with Crippen LogP contribution in [0.3, 0.4) is 0 Å². The number of urea groups is 1. The molecule has 0 fully saturated rings. The molecular formula is C13H16ClN3O5. The van der Waals surface area contributed by atoms with Crippen LogP contribution in [0.1, 0.15) is 17.3 Å². The summed E-state index contributed by atoms with van der Waals surface area (Å²) in [6.07, 6.45) is -1.19. The Kier molecular flexibility index (Phi) is 6.00. The standard InChI is InChI=1S/C13H16ClN3O5/c1-6(11(18)17-13(20)16-2)22-12(19)7-4-8(14)9(15)5-10(7)21-3/h4-6H,15H2,1-3H3,(H2,16,17,18,20). The van der Waals surface area contributed by atoms with Crippen LogP contribution in [0.25, 0.3) is 0 Å². The van der Waals surface area contributed by atoms with Crippen molar-refractivity contribution in [2.45, 2.75) is 13.0 Å². The van der Waals surface area contributed by atoms with E-state index in [9.17, 15) is 14.4 Å². The first-order chi connectivity index (χ1) is 10.3. The molecule has 0 spiro atoms. The number of carbonyl (C=O) groups excluding carboxylic acids is 3. The summed E-state index contributed by atoms with van der Waals surface area (Å²) in [5.74, 6) is -1.45. The van der Waals surface area contributed by atoms with Crippen molar-refractivity contribution in [3.8, 4) is 5.75 Å². The average molecular weight is 330 g/mol. The van der Waals surface area contributed by atoms with Crippen molar-refractivity contribution in [2.24, 2.45) is 0 Å². The molecule has 1 unspecified atom stereocenters.